The first-order chi connectivity index (χ1) is 6.81. The van der Waals surface area contributed by atoms with Crippen molar-refractivity contribution < 1.29 is 9.52 Å². The minimum atomic E-state index is 0.0613. The lowest BCUT2D eigenvalue weighted by atomic mass is 10.2. The Morgan fingerprint density at radius 3 is 2.64 bits per heavy atom. The molecule has 1 aromatic heterocycles. The van der Waals surface area contributed by atoms with Crippen molar-refractivity contribution in [1.82, 2.24) is 4.90 Å². The van der Waals surface area contributed by atoms with E-state index in [1.165, 1.54) is 12.8 Å². The summed E-state index contributed by atoms with van der Waals surface area (Å²) in [5.74, 6) is 1.81. The van der Waals surface area contributed by atoms with E-state index in [1.807, 2.05) is 19.1 Å². The summed E-state index contributed by atoms with van der Waals surface area (Å²) in [5.41, 5.74) is 0. The molecule has 3 heteroatoms. The molecule has 2 heterocycles. The highest BCUT2D eigenvalue weighted by molar-refractivity contribution is 5.10. The van der Waals surface area contributed by atoms with Crippen LogP contribution in [0.3, 0.4) is 0 Å². The third kappa shape index (κ3) is 1.83. The Balaban J connectivity index is 2.12. The topological polar surface area (TPSA) is 36.6 Å². The van der Waals surface area contributed by atoms with Crippen molar-refractivity contribution in [2.45, 2.75) is 25.8 Å². The van der Waals surface area contributed by atoms with Gasteiger partial charge in [-0.05, 0) is 45.0 Å². The molecule has 3 nitrogen and oxygen atoms in total. The van der Waals surface area contributed by atoms with Crippen LogP contribution < -0.4 is 0 Å². The van der Waals surface area contributed by atoms with E-state index < -0.39 is 0 Å². The van der Waals surface area contributed by atoms with E-state index in [-0.39, 0.29) is 12.6 Å². The second-order valence-corrected chi connectivity index (χ2v) is 3.89. The summed E-state index contributed by atoms with van der Waals surface area (Å²) in [4.78, 5) is 2.29. The number of hydrogen-bond donors (Lipinski definition) is 1. The molecule has 0 aliphatic carbocycles. The van der Waals surface area contributed by atoms with Crippen LogP contribution in [-0.2, 0) is 0 Å². The van der Waals surface area contributed by atoms with Crippen LogP contribution in [0.1, 0.15) is 30.4 Å². The highest BCUT2D eigenvalue weighted by Gasteiger charge is 2.24. The number of rotatable bonds is 3. The predicted octanol–water partition coefficient (Wildman–Crippen LogP) is 1.72. The maximum Gasteiger partial charge on any atom is 0.123 e. The third-order valence-corrected chi connectivity index (χ3v) is 2.84. The molecule has 1 N–H and O–H groups in total. The molecule has 1 aliphatic heterocycles. The van der Waals surface area contributed by atoms with Gasteiger partial charge in [-0.2, -0.15) is 0 Å². The minimum absolute atomic E-state index is 0.0613. The van der Waals surface area contributed by atoms with Crippen LogP contribution in [0.2, 0.25) is 0 Å². The summed E-state index contributed by atoms with van der Waals surface area (Å²) < 4.78 is 5.55. The van der Waals surface area contributed by atoms with E-state index >= 15 is 0 Å². The molecule has 0 aromatic carbocycles. The van der Waals surface area contributed by atoms with Crippen molar-refractivity contribution in [2.75, 3.05) is 19.7 Å². The third-order valence-electron chi connectivity index (χ3n) is 2.84. The Kier molecular flexibility index (Phi) is 2.89. The number of aryl methyl sites for hydroxylation is 1. The van der Waals surface area contributed by atoms with Crippen LogP contribution in [0.5, 0.6) is 0 Å². The Morgan fingerprint density at radius 2 is 2.14 bits per heavy atom. The molecule has 1 saturated heterocycles. The van der Waals surface area contributed by atoms with Gasteiger partial charge in [0, 0.05) is 0 Å². The van der Waals surface area contributed by atoms with Gasteiger partial charge in [0.2, 0.25) is 0 Å². The number of hydrogen-bond acceptors (Lipinski definition) is 3. The quantitative estimate of drug-likeness (QED) is 0.797. The summed E-state index contributed by atoms with van der Waals surface area (Å²) >= 11 is 0. The average molecular weight is 195 g/mol. The second-order valence-electron chi connectivity index (χ2n) is 3.89. The van der Waals surface area contributed by atoms with Crippen LogP contribution in [0.15, 0.2) is 16.5 Å². The summed E-state index contributed by atoms with van der Waals surface area (Å²) in [6.07, 6.45) is 2.46. The zero-order chi connectivity index (χ0) is 9.97. The molecule has 1 unspecified atom stereocenters. The molecule has 0 saturated carbocycles. The number of aliphatic hydroxyl groups excluding tert-OH is 1. The van der Waals surface area contributed by atoms with E-state index in [1.54, 1.807) is 0 Å². The maximum absolute atomic E-state index is 9.35. The SMILES string of the molecule is Cc1ccc(C(CO)N2CCCC2)o1. The molecular formula is C11H17NO2. The normalized spacial score (nSPS) is 20.1. The van der Waals surface area contributed by atoms with Gasteiger partial charge in [0.15, 0.2) is 0 Å². The summed E-state index contributed by atoms with van der Waals surface area (Å²) in [5, 5.41) is 9.35. The van der Waals surface area contributed by atoms with E-state index in [4.69, 9.17) is 4.42 Å². The van der Waals surface area contributed by atoms with Gasteiger partial charge in [0.1, 0.15) is 11.5 Å². The highest BCUT2D eigenvalue weighted by Crippen LogP contribution is 2.25. The van der Waals surface area contributed by atoms with Gasteiger partial charge in [0.25, 0.3) is 0 Å². The molecule has 0 radical (unpaired) electrons. The van der Waals surface area contributed by atoms with Crippen molar-refractivity contribution in [2.24, 2.45) is 0 Å². The van der Waals surface area contributed by atoms with Crippen molar-refractivity contribution >= 4 is 0 Å². The summed E-state index contributed by atoms with van der Waals surface area (Å²) in [6, 6.07) is 3.98. The van der Waals surface area contributed by atoms with Gasteiger partial charge in [-0.15, -0.1) is 0 Å². The van der Waals surface area contributed by atoms with Crippen LogP contribution in [0.4, 0.5) is 0 Å². The van der Waals surface area contributed by atoms with Gasteiger partial charge < -0.3 is 9.52 Å². The van der Waals surface area contributed by atoms with Crippen LogP contribution in [0.25, 0.3) is 0 Å². The molecular weight excluding hydrogens is 178 g/mol. The highest BCUT2D eigenvalue weighted by atomic mass is 16.3. The molecule has 78 valence electrons. The molecule has 0 spiro atoms. The van der Waals surface area contributed by atoms with Gasteiger partial charge in [-0.25, -0.2) is 0 Å². The largest absolute Gasteiger partial charge is 0.465 e. The maximum atomic E-state index is 9.35. The molecule has 14 heavy (non-hydrogen) atoms. The van der Waals surface area contributed by atoms with Gasteiger partial charge in [0.05, 0.1) is 12.6 Å². The van der Waals surface area contributed by atoms with E-state index in [0.717, 1.165) is 24.6 Å². The van der Waals surface area contributed by atoms with Crippen molar-refractivity contribution in [3.05, 3.63) is 23.7 Å². The monoisotopic (exact) mass is 195 g/mol. The Hall–Kier alpha value is -0.800. The fourth-order valence-electron chi connectivity index (χ4n) is 2.07. The van der Waals surface area contributed by atoms with E-state index in [2.05, 4.69) is 4.90 Å². The van der Waals surface area contributed by atoms with E-state index in [9.17, 15) is 5.11 Å². The average Bonchev–Trinajstić information content (AvgIpc) is 2.79. The first-order valence-corrected chi connectivity index (χ1v) is 5.22. The summed E-state index contributed by atoms with van der Waals surface area (Å²) in [7, 11) is 0. The number of aliphatic hydroxyl groups is 1. The molecule has 1 aliphatic rings. The van der Waals surface area contributed by atoms with Crippen LogP contribution >= 0.6 is 0 Å². The Labute approximate surface area is 84.3 Å². The van der Waals surface area contributed by atoms with Gasteiger partial charge >= 0.3 is 0 Å². The molecule has 1 atom stereocenters. The molecule has 0 bridgehead atoms. The first kappa shape index (κ1) is 9.74. The second kappa shape index (κ2) is 4.15. The lowest BCUT2D eigenvalue weighted by Crippen LogP contribution is -2.27. The number of furan rings is 1. The first-order valence-electron chi connectivity index (χ1n) is 5.22. The predicted molar refractivity (Wildman–Crippen MR) is 54.1 cm³/mol. The molecule has 1 aromatic rings. The summed E-state index contributed by atoms with van der Waals surface area (Å²) in [6.45, 7) is 4.23. The van der Waals surface area contributed by atoms with Crippen molar-refractivity contribution in [1.29, 1.82) is 0 Å². The van der Waals surface area contributed by atoms with Crippen LogP contribution in [-0.4, -0.2) is 29.7 Å². The fraction of sp³-hybridized carbons (Fsp3) is 0.636. The Bertz CT molecular complexity index is 289. The molecule has 0 amide bonds. The lowest BCUT2D eigenvalue weighted by Gasteiger charge is -2.23. The number of likely N-dealkylation sites (tertiary alicyclic amines) is 1. The Morgan fingerprint density at radius 1 is 1.43 bits per heavy atom. The molecule has 2 rings (SSSR count). The zero-order valence-electron chi connectivity index (χ0n) is 8.57. The van der Waals surface area contributed by atoms with E-state index in [0.29, 0.717) is 0 Å². The fourth-order valence-corrected chi connectivity index (χ4v) is 2.07. The standard InChI is InChI=1S/C11H17NO2/c1-9-4-5-11(14-9)10(8-13)12-6-2-3-7-12/h4-5,10,13H,2-3,6-8H2,1H3. The van der Waals surface area contributed by atoms with Gasteiger partial charge in [-0.3, -0.25) is 4.90 Å². The van der Waals surface area contributed by atoms with Gasteiger partial charge in [-0.1, -0.05) is 0 Å². The zero-order valence-corrected chi connectivity index (χ0v) is 8.57. The van der Waals surface area contributed by atoms with Crippen molar-refractivity contribution in [3.63, 3.8) is 0 Å². The lowest BCUT2D eigenvalue weighted by molar-refractivity contribution is 0.128. The van der Waals surface area contributed by atoms with Crippen LogP contribution in [0, 0.1) is 6.92 Å². The number of nitrogens with zero attached hydrogens (tertiary/aromatic N) is 1. The minimum Gasteiger partial charge on any atom is -0.465 e. The smallest absolute Gasteiger partial charge is 0.123 e. The molecule has 1 fully saturated rings. The van der Waals surface area contributed by atoms with Crippen molar-refractivity contribution in [3.8, 4) is 0 Å².